The number of aromatic nitrogens is 1. The van der Waals surface area contributed by atoms with Crippen molar-refractivity contribution in [3.8, 4) is 17.0 Å². The number of methoxy groups -OCH3 is 1. The quantitative estimate of drug-likeness (QED) is 0.897. The van der Waals surface area contributed by atoms with Gasteiger partial charge in [0.05, 0.1) is 7.11 Å². The van der Waals surface area contributed by atoms with Gasteiger partial charge < -0.3 is 10.1 Å². The predicted molar refractivity (Wildman–Crippen MR) is 73.6 cm³/mol. The number of ether oxygens (including phenoxy) is 1. The summed E-state index contributed by atoms with van der Waals surface area (Å²) < 4.78 is 19.2. The summed E-state index contributed by atoms with van der Waals surface area (Å²) in [4.78, 5) is 4.02. The van der Waals surface area contributed by atoms with Gasteiger partial charge in [0.2, 0.25) is 5.88 Å². The standard InChI is InChI=1S/C15H17FN2O/c1-3-17-10-11-4-5-13(14(16)8-11)12-6-7-18-15(9-12)19-2/h4-9,17H,3,10H2,1-2H3. The number of nitrogens with zero attached hydrogens (tertiary/aromatic N) is 1. The van der Waals surface area contributed by atoms with Gasteiger partial charge in [0.25, 0.3) is 0 Å². The highest BCUT2D eigenvalue weighted by atomic mass is 19.1. The van der Waals surface area contributed by atoms with Crippen LogP contribution in [0.25, 0.3) is 11.1 Å². The monoisotopic (exact) mass is 260 g/mol. The Morgan fingerprint density at radius 2 is 2.11 bits per heavy atom. The Morgan fingerprint density at radius 1 is 1.26 bits per heavy atom. The van der Waals surface area contributed by atoms with Crippen LogP contribution in [0.15, 0.2) is 36.5 Å². The van der Waals surface area contributed by atoms with Gasteiger partial charge in [-0.15, -0.1) is 0 Å². The first-order valence-corrected chi connectivity index (χ1v) is 6.24. The average molecular weight is 260 g/mol. The highest BCUT2D eigenvalue weighted by Crippen LogP contribution is 2.25. The molecule has 2 aromatic rings. The third-order valence-corrected chi connectivity index (χ3v) is 2.87. The van der Waals surface area contributed by atoms with Crippen molar-refractivity contribution in [2.45, 2.75) is 13.5 Å². The number of nitrogens with one attached hydrogen (secondary N) is 1. The van der Waals surface area contributed by atoms with E-state index in [0.717, 1.165) is 17.7 Å². The van der Waals surface area contributed by atoms with Crippen molar-refractivity contribution in [1.29, 1.82) is 0 Å². The minimum atomic E-state index is -0.233. The van der Waals surface area contributed by atoms with E-state index in [4.69, 9.17) is 4.74 Å². The number of pyridine rings is 1. The van der Waals surface area contributed by atoms with E-state index < -0.39 is 0 Å². The molecular weight excluding hydrogens is 243 g/mol. The van der Waals surface area contributed by atoms with Crippen LogP contribution in [0, 0.1) is 5.82 Å². The summed E-state index contributed by atoms with van der Waals surface area (Å²) in [7, 11) is 1.54. The number of hydrogen-bond acceptors (Lipinski definition) is 3. The zero-order valence-electron chi connectivity index (χ0n) is 11.1. The lowest BCUT2D eigenvalue weighted by Crippen LogP contribution is -2.11. The third-order valence-electron chi connectivity index (χ3n) is 2.87. The Hall–Kier alpha value is -1.94. The molecule has 3 nitrogen and oxygen atoms in total. The zero-order chi connectivity index (χ0) is 13.7. The highest BCUT2D eigenvalue weighted by molar-refractivity contribution is 5.65. The van der Waals surface area contributed by atoms with Gasteiger partial charge in [-0.1, -0.05) is 19.1 Å². The van der Waals surface area contributed by atoms with Gasteiger partial charge in [0.15, 0.2) is 0 Å². The molecule has 1 aromatic heterocycles. The largest absolute Gasteiger partial charge is 0.481 e. The summed E-state index contributed by atoms with van der Waals surface area (Å²) in [5, 5.41) is 3.17. The lowest BCUT2D eigenvalue weighted by molar-refractivity contribution is 0.398. The number of hydrogen-bond donors (Lipinski definition) is 1. The number of rotatable bonds is 5. The fourth-order valence-corrected chi connectivity index (χ4v) is 1.86. The van der Waals surface area contributed by atoms with E-state index in [1.807, 2.05) is 13.0 Å². The molecule has 0 bridgehead atoms. The normalized spacial score (nSPS) is 10.5. The molecule has 0 aliphatic carbocycles. The van der Waals surface area contributed by atoms with Crippen molar-refractivity contribution in [1.82, 2.24) is 10.3 Å². The Morgan fingerprint density at radius 3 is 2.79 bits per heavy atom. The number of benzene rings is 1. The first-order valence-electron chi connectivity index (χ1n) is 6.24. The molecule has 0 unspecified atom stereocenters. The summed E-state index contributed by atoms with van der Waals surface area (Å²) in [6.45, 7) is 3.56. The van der Waals surface area contributed by atoms with Crippen molar-refractivity contribution in [2.75, 3.05) is 13.7 Å². The van der Waals surface area contributed by atoms with Gasteiger partial charge in [-0.3, -0.25) is 0 Å². The molecule has 0 aliphatic rings. The third kappa shape index (κ3) is 3.29. The maximum atomic E-state index is 14.1. The first-order chi connectivity index (χ1) is 9.24. The summed E-state index contributed by atoms with van der Waals surface area (Å²) in [5.74, 6) is 0.247. The van der Waals surface area contributed by atoms with E-state index >= 15 is 0 Å². The summed E-state index contributed by atoms with van der Waals surface area (Å²) in [6, 6.07) is 8.77. The molecular formula is C15H17FN2O. The minimum Gasteiger partial charge on any atom is -0.481 e. The van der Waals surface area contributed by atoms with Crippen LogP contribution in [-0.4, -0.2) is 18.6 Å². The second-order valence-electron chi connectivity index (χ2n) is 4.18. The molecule has 2 rings (SSSR count). The van der Waals surface area contributed by atoms with Crippen LogP contribution in [-0.2, 0) is 6.54 Å². The molecule has 4 heteroatoms. The van der Waals surface area contributed by atoms with Gasteiger partial charge in [-0.05, 0) is 29.8 Å². The maximum absolute atomic E-state index is 14.1. The van der Waals surface area contributed by atoms with Crippen LogP contribution in [0.4, 0.5) is 4.39 Å². The molecule has 1 aromatic carbocycles. The Kier molecular flexibility index (Phi) is 4.47. The zero-order valence-corrected chi connectivity index (χ0v) is 11.1. The second kappa shape index (κ2) is 6.29. The molecule has 0 radical (unpaired) electrons. The van der Waals surface area contributed by atoms with E-state index in [1.165, 1.54) is 0 Å². The van der Waals surface area contributed by atoms with E-state index in [1.54, 1.807) is 37.6 Å². The van der Waals surface area contributed by atoms with Crippen LogP contribution in [0.3, 0.4) is 0 Å². The Bertz CT molecular complexity index is 558. The average Bonchev–Trinajstić information content (AvgIpc) is 2.45. The van der Waals surface area contributed by atoms with Gasteiger partial charge >= 0.3 is 0 Å². The van der Waals surface area contributed by atoms with Crippen molar-refractivity contribution in [2.24, 2.45) is 0 Å². The second-order valence-corrected chi connectivity index (χ2v) is 4.18. The minimum absolute atomic E-state index is 0.233. The molecule has 0 saturated heterocycles. The van der Waals surface area contributed by atoms with E-state index in [2.05, 4.69) is 10.3 Å². The predicted octanol–water partition coefficient (Wildman–Crippen LogP) is 3.01. The van der Waals surface area contributed by atoms with Gasteiger partial charge in [0.1, 0.15) is 5.82 Å². The summed E-state index contributed by atoms with van der Waals surface area (Å²) >= 11 is 0. The highest BCUT2D eigenvalue weighted by Gasteiger charge is 2.07. The molecule has 0 saturated carbocycles. The van der Waals surface area contributed by atoms with Gasteiger partial charge in [-0.25, -0.2) is 9.37 Å². The van der Waals surface area contributed by atoms with Gasteiger partial charge in [0, 0.05) is 24.4 Å². The van der Waals surface area contributed by atoms with Crippen LogP contribution in [0.1, 0.15) is 12.5 Å². The lowest BCUT2D eigenvalue weighted by atomic mass is 10.0. The molecule has 0 amide bonds. The van der Waals surface area contributed by atoms with Crippen molar-refractivity contribution in [3.63, 3.8) is 0 Å². The Labute approximate surface area is 112 Å². The lowest BCUT2D eigenvalue weighted by Gasteiger charge is -2.08. The summed E-state index contributed by atoms with van der Waals surface area (Å²) in [5.41, 5.74) is 2.25. The molecule has 0 aliphatic heterocycles. The molecule has 19 heavy (non-hydrogen) atoms. The van der Waals surface area contributed by atoms with Crippen molar-refractivity contribution in [3.05, 3.63) is 47.9 Å². The number of halogens is 1. The van der Waals surface area contributed by atoms with E-state index in [-0.39, 0.29) is 5.82 Å². The molecule has 0 fully saturated rings. The van der Waals surface area contributed by atoms with E-state index in [9.17, 15) is 4.39 Å². The molecule has 100 valence electrons. The van der Waals surface area contributed by atoms with Crippen LogP contribution in [0.2, 0.25) is 0 Å². The topological polar surface area (TPSA) is 34.2 Å². The first kappa shape index (κ1) is 13.5. The van der Waals surface area contributed by atoms with Crippen LogP contribution >= 0.6 is 0 Å². The Balaban J connectivity index is 2.29. The SMILES string of the molecule is CCNCc1ccc(-c2ccnc(OC)c2)c(F)c1. The maximum Gasteiger partial charge on any atom is 0.213 e. The molecule has 0 atom stereocenters. The fraction of sp³-hybridized carbons (Fsp3) is 0.267. The van der Waals surface area contributed by atoms with Crippen LogP contribution < -0.4 is 10.1 Å². The molecule has 1 heterocycles. The molecule has 1 N–H and O–H groups in total. The van der Waals surface area contributed by atoms with E-state index in [0.29, 0.717) is 18.0 Å². The van der Waals surface area contributed by atoms with Crippen molar-refractivity contribution < 1.29 is 9.13 Å². The smallest absolute Gasteiger partial charge is 0.213 e. The van der Waals surface area contributed by atoms with Gasteiger partial charge in [-0.2, -0.15) is 0 Å². The molecule has 0 spiro atoms. The van der Waals surface area contributed by atoms with Crippen LogP contribution in [0.5, 0.6) is 5.88 Å². The fourth-order valence-electron chi connectivity index (χ4n) is 1.86. The van der Waals surface area contributed by atoms with Crippen molar-refractivity contribution >= 4 is 0 Å². The summed E-state index contributed by atoms with van der Waals surface area (Å²) in [6.07, 6.45) is 1.61.